The topological polar surface area (TPSA) is 64.6 Å². The zero-order valence-corrected chi connectivity index (χ0v) is 13.3. The Bertz CT molecular complexity index is 334. The van der Waals surface area contributed by atoms with E-state index in [1.54, 1.807) is 6.92 Å². The number of esters is 1. The fourth-order valence-corrected chi connectivity index (χ4v) is 2.06. The summed E-state index contributed by atoms with van der Waals surface area (Å²) in [6, 6.07) is 0. The fraction of sp³-hybridized carbons (Fsp3) is 0.769. The van der Waals surface area contributed by atoms with E-state index >= 15 is 0 Å². The van der Waals surface area contributed by atoms with Crippen molar-refractivity contribution in [2.45, 2.75) is 46.6 Å². The molecule has 0 aliphatic rings. The molecule has 0 aromatic heterocycles. The van der Waals surface area contributed by atoms with Crippen LogP contribution < -0.4 is 5.32 Å². The first-order valence-electron chi connectivity index (χ1n) is 6.44. The Morgan fingerprint density at radius 2 is 1.95 bits per heavy atom. The summed E-state index contributed by atoms with van der Waals surface area (Å²) in [7, 11) is -1.18. The predicted molar refractivity (Wildman–Crippen MR) is 76.9 cm³/mol. The maximum Gasteiger partial charge on any atom is 0.355 e. The molecule has 0 spiro atoms. The Kier molecular flexibility index (Phi) is 8.67. The molecule has 0 amide bonds. The van der Waals surface area contributed by atoms with Gasteiger partial charge in [0, 0.05) is 22.0 Å². The van der Waals surface area contributed by atoms with Gasteiger partial charge in [-0.05, 0) is 34.1 Å². The summed E-state index contributed by atoms with van der Waals surface area (Å²) >= 11 is 0. The van der Waals surface area contributed by atoms with E-state index in [2.05, 4.69) is 5.32 Å². The van der Waals surface area contributed by atoms with Crippen molar-refractivity contribution in [1.29, 1.82) is 0 Å². The number of rotatable bonds is 8. The molecule has 6 heteroatoms. The van der Waals surface area contributed by atoms with Crippen LogP contribution in [-0.2, 0) is 25.1 Å². The quantitative estimate of drug-likeness (QED) is 0.420. The van der Waals surface area contributed by atoms with Crippen molar-refractivity contribution >= 4 is 16.8 Å². The maximum absolute atomic E-state index is 11.7. The average molecular weight is 291 g/mol. The summed E-state index contributed by atoms with van der Waals surface area (Å²) in [5, 5.41) is 4.22. The van der Waals surface area contributed by atoms with Gasteiger partial charge in [-0.15, -0.1) is 0 Å². The number of ether oxygens (including phenoxy) is 2. The molecule has 0 unspecified atom stereocenters. The third-order valence-electron chi connectivity index (χ3n) is 1.92. The molecule has 1 N–H and O–H groups in total. The normalized spacial score (nSPS) is 14.1. The summed E-state index contributed by atoms with van der Waals surface area (Å²) < 4.78 is 22.0. The van der Waals surface area contributed by atoms with E-state index in [1.165, 1.54) is 5.41 Å². The smallest absolute Gasteiger partial charge is 0.355 e. The Morgan fingerprint density at radius 3 is 2.42 bits per heavy atom. The van der Waals surface area contributed by atoms with Crippen LogP contribution in [-0.4, -0.2) is 34.9 Å². The molecule has 0 aliphatic heterocycles. The highest BCUT2D eigenvalue weighted by molar-refractivity contribution is 7.88. The lowest BCUT2D eigenvalue weighted by Crippen LogP contribution is -2.30. The molecular formula is C13H25NO4S. The largest absolute Gasteiger partial charge is 0.461 e. The number of hydrogen-bond acceptors (Lipinski definition) is 5. The van der Waals surface area contributed by atoms with E-state index in [0.29, 0.717) is 5.75 Å². The van der Waals surface area contributed by atoms with Gasteiger partial charge < -0.3 is 14.8 Å². The number of carbonyl (C=O) groups excluding carboxylic acids is 1. The van der Waals surface area contributed by atoms with E-state index in [1.807, 2.05) is 27.7 Å². The molecular weight excluding hydrogens is 266 g/mol. The van der Waals surface area contributed by atoms with E-state index in [9.17, 15) is 9.00 Å². The van der Waals surface area contributed by atoms with Crippen molar-refractivity contribution in [3.63, 3.8) is 0 Å². The third kappa shape index (κ3) is 9.67. The van der Waals surface area contributed by atoms with Gasteiger partial charge >= 0.3 is 5.97 Å². The summed E-state index contributed by atoms with van der Waals surface area (Å²) in [6.45, 7) is 9.85. The highest BCUT2D eigenvalue weighted by Crippen LogP contribution is 2.06. The maximum atomic E-state index is 11.7. The van der Waals surface area contributed by atoms with Gasteiger partial charge in [-0.2, -0.15) is 0 Å². The van der Waals surface area contributed by atoms with E-state index in [4.69, 9.17) is 9.47 Å². The number of carbonyl (C=O) groups is 1. The van der Waals surface area contributed by atoms with Crippen molar-refractivity contribution < 1.29 is 18.5 Å². The van der Waals surface area contributed by atoms with Crippen LogP contribution in [0.3, 0.4) is 0 Å². The monoisotopic (exact) mass is 291 g/mol. The summed E-state index contributed by atoms with van der Waals surface area (Å²) in [6.07, 6.45) is 0.789. The van der Waals surface area contributed by atoms with Gasteiger partial charge in [-0.25, -0.2) is 4.79 Å². The molecule has 0 bridgehead atoms. The molecule has 0 radical (unpaired) electrons. The molecule has 0 fully saturated rings. The van der Waals surface area contributed by atoms with Gasteiger partial charge in [-0.1, -0.05) is 6.92 Å². The van der Waals surface area contributed by atoms with Gasteiger partial charge in [0.1, 0.15) is 12.4 Å². The van der Waals surface area contributed by atoms with Crippen LogP contribution in [0.15, 0.2) is 11.1 Å². The average Bonchev–Trinajstić information content (AvgIpc) is 2.26. The van der Waals surface area contributed by atoms with Crippen LogP contribution in [0.4, 0.5) is 0 Å². The highest BCUT2D eigenvalue weighted by Gasteiger charge is 2.14. The minimum absolute atomic E-state index is 0.164. The van der Waals surface area contributed by atoms with Crippen molar-refractivity contribution in [3.8, 4) is 0 Å². The lowest BCUT2D eigenvalue weighted by molar-refractivity contribution is -0.139. The van der Waals surface area contributed by atoms with Crippen LogP contribution in [0.2, 0.25) is 0 Å². The summed E-state index contributed by atoms with van der Waals surface area (Å²) in [5.74, 6) is 0.00881. The van der Waals surface area contributed by atoms with Crippen LogP contribution in [0.25, 0.3) is 0 Å². The first-order chi connectivity index (χ1) is 8.80. The highest BCUT2D eigenvalue weighted by atomic mass is 32.2. The summed E-state index contributed by atoms with van der Waals surface area (Å²) in [5.41, 5.74) is -0.118. The third-order valence-corrected chi connectivity index (χ3v) is 3.23. The van der Waals surface area contributed by atoms with Gasteiger partial charge in [0.15, 0.2) is 0 Å². The Labute approximate surface area is 118 Å². The first kappa shape index (κ1) is 18.1. The lowest BCUT2D eigenvalue weighted by Gasteiger charge is -2.20. The Balaban J connectivity index is 4.59. The molecule has 0 rings (SSSR count). The molecule has 0 heterocycles. The second-order valence-corrected chi connectivity index (χ2v) is 6.32. The molecule has 1 atom stereocenters. The SMILES string of the molecule is CCC[S@@](=O)C=C(NCOC(C)(C)C)C(=O)OCC. The van der Waals surface area contributed by atoms with Crippen molar-refractivity contribution in [1.82, 2.24) is 5.32 Å². The van der Waals surface area contributed by atoms with Crippen LogP contribution in [0.5, 0.6) is 0 Å². The first-order valence-corrected chi connectivity index (χ1v) is 7.82. The fourth-order valence-electron chi connectivity index (χ4n) is 1.09. The molecule has 0 aromatic carbocycles. The Morgan fingerprint density at radius 1 is 1.32 bits per heavy atom. The van der Waals surface area contributed by atoms with Crippen LogP contribution >= 0.6 is 0 Å². The van der Waals surface area contributed by atoms with Crippen molar-refractivity contribution in [2.24, 2.45) is 0 Å². The van der Waals surface area contributed by atoms with Crippen LogP contribution in [0.1, 0.15) is 41.0 Å². The van der Waals surface area contributed by atoms with E-state index in [0.717, 1.165) is 6.42 Å². The number of hydrogen-bond donors (Lipinski definition) is 1. The molecule has 0 saturated heterocycles. The minimum atomic E-state index is -1.18. The molecule has 0 saturated carbocycles. The molecule has 0 aliphatic carbocycles. The molecule has 19 heavy (non-hydrogen) atoms. The lowest BCUT2D eigenvalue weighted by atomic mass is 10.2. The molecule has 0 aromatic rings. The van der Waals surface area contributed by atoms with Gasteiger partial charge in [-0.3, -0.25) is 4.21 Å². The van der Waals surface area contributed by atoms with Crippen LogP contribution in [0, 0.1) is 0 Å². The van der Waals surface area contributed by atoms with Crippen molar-refractivity contribution in [3.05, 3.63) is 11.1 Å². The standard InChI is InChI=1S/C13H25NO4S/c1-6-8-19(16)9-11(12(15)17-7-2)14-10-18-13(3,4)5/h9,14H,6-8,10H2,1-5H3/t19-/m1/s1. The Hall–Kier alpha value is -0.880. The molecule has 5 nitrogen and oxygen atoms in total. The minimum Gasteiger partial charge on any atom is -0.461 e. The molecule has 112 valence electrons. The van der Waals surface area contributed by atoms with Gasteiger partial charge in [0.05, 0.1) is 12.2 Å². The van der Waals surface area contributed by atoms with Gasteiger partial charge in [0.25, 0.3) is 0 Å². The van der Waals surface area contributed by atoms with Crippen molar-refractivity contribution in [2.75, 3.05) is 19.1 Å². The van der Waals surface area contributed by atoms with E-state index < -0.39 is 16.8 Å². The zero-order chi connectivity index (χ0) is 14.9. The number of nitrogens with one attached hydrogen (secondary N) is 1. The predicted octanol–water partition coefficient (Wildman–Crippen LogP) is 1.91. The summed E-state index contributed by atoms with van der Waals surface area (Å²) in [4.78, 5) is 11.7. The van der Waals surface area contributed by atoms with Gasteiger partial charge in [0.2, 0.25) is 0 Å². The van der Waals surface area contributed by atoms with E-state index in [-0.39, 0.29) is 24.6 Å². The second kappa shape index (κ2) is 9.09. The zero-order valence-electron chi connectivity index (χ0n) is 12.4. The second-order valence-electron chi connectivity index (χ2n) is 4.91.